The molecule has 0 fully saturated rings. The van der Waals surface area contributed by atoms with E-state index in [9.17, 15) is 18.8 Å². The van der Waals surface area contributed by atoms with Gasteiger partial charge in [0.15, 0.2) is 0 Å². The average molecular weight is 531 g/mol. The largest absolute Gasteiger partial charge is 0.350 e. The highest BCUT2D eigenvalue weighted by Crippen LogP contribution is 2.12. The van der Waals surface area contributed by atoms with Crippen LogP contribution in [0.5, 0.6) is 0 Å². The molecule has 3 rings (SSSR count). The van der Waals surface area contributed by atoms with Crippen LogP contribution in [0.25, 0.3) is 0 Å². The van der Waals surface area contributed by atoms with Crippen molar-refractivity contribution in [3.05, 3.63) is 98.9 Å². The maximum Gasteiger partial charge on any atom is 0.255 e. The summed E-state index contributed by atoms with van der Waals surface area (Å²) in [4.78, 5) is 36.4. The summed E-state index contributed by atoms with van der Waals surface area (Å²) in [5.74, 6) is -1.28. The van der Waals surface area contributed by atoms with E-state index in [1.807, 2.05) is 12.1 Å². The van der Waals surface area contributed by atoms with E-state index in [1.54, 1.807) is 36.4 Å². The van der Waals surface area contributed by atoms with Crippen LogP contribution in [0.15, 0.2) is 72.8 Å². The molecule has 0 radical (unpaired) electrons. The highest BCUT2D eigenvalue weighted by atomic mass is 127. The molecule has 0 bridgehead atoms. The van der Waals surface area contributed by atoms with Crippen LogP contribution in [0.2, 0.25) is 0 Å². The molecular formula is C23H19FIN3O3. The first-order valence-corrected chi connectivity index (χ1v) is 10.5. The van der Waals surface area contributed by atoms with Gasteiger partial charge in [0.25, 0.3) is 17.7 Å². The second-order valence-corrected chi connectivity index (χ2v) is 7.80. The third-order valence-electron chi connectivity index (χ3n) is 4.31. The van der Waals surface area contributed by atoms with E-state index < -0.39 is 5.82 Å². The molecule has 158 valence electrons. The van der Waals surface area contributed by atoms with Gasteiger partial charge in [0.1, 0.15) is 5.82 Å². The summed E-state index contributed by atoms with van der Waals surface area (Å²) in [6, 6.07) is 18.8. The molecule has 0 spiro atoms. The molecule has 0 atom stereocenters. The van der Waals surface area contributed by atoms with Crippen molar-refractivity contribution < 1.29 is 18.8 Å². The molecule has 3 amide bonds. The van der Waals surface area contributed by atoms with Crippen LogP contribution >= 0.6 is 22.6 Å². The van der Waals surface area contributed by atoms with E-state index in [2.05, 4.69) is 38.5 Å². The molecule has 3 aromatic rings. The number of anilines is 1. The van der Waals surface area contributed by atoms with Crippen LogP contribution in [0.1, 0.15) is 31.1 Å². The molecule has 31 heavy (non-hydrogen) atoms. The Morgan fingerprint density at radius 1 is 0.645 bits per heavy atom. The SMILES string of the molecule is O=C(NCCNC(=O)c1ccc(NC(=O)c2ccc(F)cc2)cc1)c1ccc(I)cc1. The van der Waals surface area contributed by atoms with Gasteiger partial charge in [-0.25, -0.2) is 4.39 Å². The number of nitrogens with one attached hydrogen (secondary N) is 3. The van der Waals surface area contributed by atoms with Crippen LogP contribution in [-0.2, 0) is 0 Å². The van der Waals surface area contributed by atoms with Crippen LogP contribution in [-0.4, -0.2) is 30.8 Å². The molecule has 3 aromatic carbocycles. The number of halogens is 2. The second kappa shape index (κ2) is 10.7. The summed E-state index contributed by atoms with van der Waals surface area (Å²) in [6.07, 6.45) is 0. The number of carbonyl (C=O) groups excluding carboxylic acids is 3. The van der Waals surface area contributed by atoms with Crippen molar-refractivity contribution in [2.75, 3.05) is 18.4 Å². The Kier molecular flexibility index (Phi) is 7.71. The quantitative estimate of drug-likeness (QED) is 0.320. The minimum atomic E-state index is -0.415. The third kappa shape index (κ3) is 6.61. The summed E-state index contributed by atoms with van der Waals surface area (Å²) in [5, 5.41) is 8.16. The van der Waals surface area contributed by atoms with Crippen molar-refractivity contribution in [3.8, 4) is 0 Å². The van der Waals surface area contributed by atoms with Gasteiger partial charge in [0.05, 0.1) is 0 Å². The molecule has 0 aromatic heterocycles. The van der Waals surface area contributed by atoms with E-state index in [0.717, 1.165) is 3.57 Å². The zero-order valence-corrected chi connectivity index (χ0v) is 18.5. The Balaban J connectivity index is 1.44. The zero-order chi connectivity index (χ0) is 22.2. The predicted octanol–water partition coefficient (Wildman–Crippen LogP) is 3.84. The molecule has 0 saturated carbocycles. The fourth-order valence-corrected chi connectivity index (χ4v) is 3.03. The van der Waals surface area contributed by atoms with E-state index in [1.165, 1.54) is 24.3 Å². The van der Waals surface area contributed by atoms with Crippen molar-refractivity contribution in [1.82, 2.24) is 10.6 Å². The first-order valence-electron chi connectivity index (χ1n) is 9.41. The molecular weight excluding hydrogens is 512 g/mol. The molecule has 8 heteroatoms. The van der Waals surface area contributed by atoms with Crippen LogP contribution in [0.4, 0.5) is 10.1 Å². The highest BCUT2D eigenvalue weighted by molar-refractivity contribution is 14.1. The molecule has 3 N–H and O–H groups in total. The predicted molar refractivity (Wildman–Crippen MR) is 125 cm³/mol. The maximum atomic E-state index is 12.9. The summed E-state index contributed by atoms with van der Waals surface area (Å²) >= 11 is 2.17. The average Bonchev–Trinajstić information content (AvgIpc) is 2.78. The number of hydrogen-bond acceptors (Lipinski definition) is 3. The lowest BCUT2D eigenvalue weighted by molar-refractivity contribution is 0.0927. The summed E-state index contributed by atoms with van der Waals surface area (Å²) in [5.41, 5.74) is 1.82. The lowest BCUT2D eigenvalue weighted by atomic mass is 10.1. The smallest absolute Gasteiger partial charge is 0.255 e. The number of benzene rings is 3. The molecule has 0 aliphatic rings. The second-order valence-electron chi connectivity index (χ2n) is 6.56. The maximum absolute atomic E-state index is 12.9. The first kappa shape index (κ1) is 22.4. The number of amides is 3. The summed E-state index contributed by atoms with van der Waals surface area (Å²) in [7, 11) is 0. The fraction of sp³-hybridized carbons (Fsp3) is 0.0870. The van der Waals surface area contributed by atoms with Gasteiger partial charge in [-0.3, -0.25) is 14.4 Å². The Labute approximate surface area is 192 Å². The van der Waals surface area contributed by atoms with E-state index in [-0.39, 0.29) is 24.3 Å². The highest BCUT2D eigenvalue weighted by Gasteiger charge is 2.09. The Morgan fingerprint density at radius 3 is 1.58 bits per heavy atom. The van der Waals surface area contributed by atoms with Gasteiger partial charge < -0.3 is 16.0 Å². The van der Waals surface area contributed by atoms with Gasteiger partial charge in [0, 0.05) is 39.0 Å². The lowest BCUT2D eigenvalue weighted by Crippen LogP contribution is -2.34. The Hall–Kier alpha value is -3.27. The summed E-state index contributed by atoms with van der Waals surface area (Å²) < 4.78 is 14.0. The summed E-state index contributed by atoms with van der Waals surface area (Å²) in [6.45, 7) is 0.570. The molecule has 0 unspecified atom stereocenters. The topological polar surface area (TPSA) is 87.3 Å². The van der Waals surface area contributed by atoms with Crippen molar-refractivity contribution >= 4 is 46.0 Å². The fourth-order valence-electron chi connectivity index (χ4n) is 2.67. The normalized spacial score (nSPS) is 10.3. The van der Waals surface area contributed by atoms with E-state index in [0.29, 0.717) is 28.9 Å². The zero-order valence-electron chi connectivity index (χ0n) is 16.3. The molecule has 6 nitrogen and oxygen atoms in total. The number of carbonyl (C=O) groups is 3. The van der Waals surface area contributed by atoms with Gasteiger partial charge in [-0.05, 0) is 95.4 Å². The Bertz CT molecular complexity index is 1070. The van der Waals surface area contributed by atoms with Crippen molar-refractivity contribution in [2.24, 2.45) is 0 Å². The standard InChI is InChI=1S/C23H19FIN3O3/c24-18-7-1-17(2-8-18)23(31)28-20-11-5-16(6-12-20)22(30)27-14-13-26-21(29)15-3-9-19(25)10-4-15/h1-12H,13-14H2,(H,26,29)(H,27,30)(H,28,31). The van der Waals surface area contributed by atoms with E-state index in [4.69, 9.17) is 0 Å². The number of rotatable bonds is 7. The lowest BCUT2D eigenvalue weighted by Gasteiger charge is -2.09. The third-order valence-corrected chi connectivity index (χ3v) is 5.03. The van der Waals surface area contributed by atoms with Gasteiger partial charge in [-0.15, -0.1) is 0 Å². The van der Waals surface area contributed by atoms with Crippen molar-refractivity contribution in [1.29, 1.82) is 0 Å². The van der Waals surface area contributed by atoms with Crippen LogP contribution in [0.3, 0.4) is 0 Å². The van der Waals surface area contributed by atoms with Crippen LogP contribution < -0.4 is 16.0 Å². The first-order chi connectivity index (χ1) is 14.9. The molecule has 0 aliphatic carbocycles. The molecule has 0 saturated heterocycles. The van der Waals surface area contributed by atoms with Crippen molar-refractivity contribution in [2.45, 2.75) is 0 Å². The minimum absolute atomic E-state index is 0.202. The van der Waals surface area contributed by atoms with Gasteiger partial charge in [0.2, 0.25) is 0 Å². The van der Waals surface area contributed by atoms with Crippen molar-refractivity contribution in [3.63, 3.8) is 0 Å². The Morgan fingerprint density at radius 2 is 1.06 bits per heavy atom. The van der Waals surface area contributed by atoms with E-state index >= 15 is 0 Å². The van der Waals surface area contributed by atoms with Gasteiger partial charge >= 0.3 is 0 Å². The molecule has 0 heterocycles. The van der Waals surface area contributed by atoms with Crippen LogP contribution in [0, 0.1) is 9.39 Å². The number of hydrogen-bond donors (Lipinski definition) is 3. The monoisotopic (exact) mass is 531 g/mol. The van der Waals surface area contributed by atoms with Gasteiger partial charge in [-0.2, -0.15) is 0 Å². The van der Waals surface area contributed by atoms with Gasteiger partial charge in [-0.1, -0.05) is 0 Å². The molecule has 0 aliphatic heterocycles. The minimum Gasteiger partial charge on any atom is -0.350 e.